The van der Waals surface area contributed by atoms with E-state index in [1.807, 2.05) is 0 Å². The molecular weight excluding hydrogens is 218 g/mol. The van der Waals surface area contributed by atoms with E-state index in [-0.39, 0.29) is 0 Å². The molecule has 0 spiro atoms. The highest BCUT2D eigenvalue weighted by Crippen LogP contribution is 2.32. The number of ether oxygens (including phenoxy) is 1. The van der Waals surface area contributed by atoms with Crippen molar-refractivity contribution in [3.63, 3.8) is 0 Å². The summed E-state index contributed by atoms with van der Waals surface area (Å²) in [6.45, 7) is 3.70. The zero-order valence-corrected chi connectivity index (χ0v) is 9.93. The molecule has 0 aliphatic carbocycles. The SMILES string of the molecule is [C]1=C(N2CCOCC2)Cc2ccccc2S1. The van der Waals surface area contributed by atoms with E-state index in [0.717, 1.165) is 32.7 Å². The third-order valence-electron chi connectivity index (χ3n) is 3.00. The average molecular weight is 232 g/mol. The first-order valence-corrected chi connectivity index (χ1v) is 6.44. The first-order valence-electron chi connectivity index (χ1n) is 5.63. The molecule has 2 heterocycles. The van der Waals surface area contributed by atoms with Gasteiger partial charge in [0.05, 0.1) is 13.2 Å². The summed E-state index contributed by atoms with van der Waals surface area (Å²) in [7, 11) is 0. The second-order valence-corrected chi connectivity index (χ2v) is 4.88. The standard InChI is InChI=1S/C13H14NOS/c1-2-4-13-11(3-1)9-12(10-16-13)14-5-7-15-8-6-14/h1-4H,5-9H2. The van der Waals surface area contributed by atoms with Gasteiger partial charge < -0.3 is 9.64 Å². The highest BCUT2D eigenvalue weighted by Gasteiger charge is 2.18. The molecule has 1 aromatic rings. The van der Waals surface area contributed by atoms with Crippen LogP contribution >= 0.6 is 11.8 Å². The van der Waals surface area contributed by atoms with Gasteiger partial charge >= 0.3 is 0 Å². The third kappa shape index (κ3) is 1.97. The average Bonchev–Trinajstić information content (AvgIpc) is 2.39. The van der Waals surface area contributed by atoms with Crippen LogP contribution in [0.5, 0.6) is 0 Å². The Hall–Kier alpha value is -0.930. The fourth-order valence-corrected chi connectivity index (χ4v) is 2.94. The van der Waals surface area contributed by atoms with Crippen LogP contribution in [0.4, 0.5) is 0 Å². The van der Waals surface area contributed by atoms with Crippen LogP contribution in [0, 0.1) is 5.41 Å². The molecule has 0 aromatic heterocycles. The van der Waals surface area contributed by atoms with Crippen molar-refractivity contribution in [2.75, 3.05) is 26.3 Å². The number of allylic oxidation sites excluding steroid dienone is 1. The van der Waals surface area contributed by atoms with Crippen LogP contribution in [0.15, 0.2) is 34.9 Å². The van der Waals surface area contributed by atoms with Gasteiger partial charge in [0.1, 0.15) is 0 Å². The Morgan fingerprint density at radius 3 is 2.88 bits per heavy atom. The predicted octanol–water partition coefficient (Wildman–Crippen LogP) is 2.31. The highest BCUT2D eigenvalue weighted by atomic mass is 32.2. The topological polar surface area (TPSA) is 12.5 Å². The van der Waals surface area contributed by atoms with Gasteiger partial charge in [0.2, 0.25) is 0 Å². The number of thioether (sulfide) groups is 1. The Kier molecular flexibility index (Phi) is 2.89. The largest absolute Gasteiger partial charge is 0.378 e. The van der Waals surface area contributed by atoms with E-state index in [9.17, 15) is 0 Å². The van der Waals surface area contributed by atoms with Gasteiger partial charge in [-0.25, -0.2) is 0 Å². The lowest BCUT2D eigenvalue weighted by Gasteiger charge is -2.32. The summed E-state index contributed by atoms with van der Waals surface area (Å²) in [5.74, 6) is 0. The van der Waals surface area contributed by atoms with E-state index in [1.54, 1.807) is 11.8 Å². The number of hydrogen-bond donors (Lipinski definition) is 0. The number of nitrogens with zero attached hydrogens (tertiary/aromatic N) is 1. The minimum atomic E-state index is 0.845. The van der Waals surface area contributed by atoms with Crippen molar-refractivity contribution in [3.8, 4) is 0 Å². The van der Waals surface area contributed by atoms with Crippen molar-refractivity contribution in [2.45, 2.75) is 11.3 Å². The summed E-state index contributed by atoms with van der Waals surface area (Å²) in [5.41, 5.74) is 2.75. The van der Waals surface area contributed by atoms with Crippen LogP contribution in [0.2, 0.25) is 0 Å². The van der Waals surface area contributed by atoms with Gasteiger partial charge in [-0.1, -0.05) is 30.0 Å². The van der Waals surface area contributed by atoms with E-state index < -0.39 is 0 Å². The number of morpholine rings is 1. The summed E-state index contributed by atoms with van der Waals surface area (Å²) in [5, 5.41) is 3.45. The van der Waals surface area contributed by atoms with Crippen molar-refractivity contribution in [1.82, 2.24) is 4.90 Å². The summed E-state index contributed by atoms with van der Waals surface area (Å²) in [6, 6.07) is 8.58. The molecule has 0 unspecified atom stereocenters. The van der Waals surface area contributed by atoms with Crippen LogP contribution in [0.1, 0.15) is 5.56 Å². The molecule has 0 amide bonds. The maximum atomic E-state index is 5.37. The van der Waals surface area contributed by atoms with Crippen LogP contribution in [-0.2, 0) is 11.2 Å². The van der Waals surface area contributed by atoms with E-state index >= 15 is 0 Å². The maximum absolute atomic E-state index is 5.37. The number of rotatable bonds is 1. The van der Waals surface area contributed by atoms with Crippen LogP contribution in [0.25, 0.3) is 0 Å². The van der Waals surface area contributed by atoms with E-state index in [1.165, 1.54) is 16.2 Å². The molecule has 16 heavy (non-hydrogen) atoms. The van der Waals surface area contributed by atoms with Crippen LogP contribution < -0.4 is 0 Å². The van der Waals surface area contributed by atoms with Crippen molar-refractivity contribution in [2.24, 2.45) is 0 Å². The number of hydrogen-bond acceptors (Lipinski definition) is 3. The molecule has 1 saturated heterocycles. The molecular formula is C13H14NOS. The lowest BCUT2D eigenvalue weighted by Crippen LogP contribution is -2.36. The zero-order chi connectivity index (χ0) is 10.8. The van der Waals surface area contributed by atoms with Gasteiger partial charge in [-0.2, -0.15) is 0 Å². The predicted molar refractivity (Wildman–Crippen MR) is 65.2 cm³/mol. The van der Waals surface area contributed by atoms with E-state index in [2.05, 4.69) is 34.6 Å². The van der Waals surface area contributed by atoms with Crippen molar-refractivity contribution in [1.29, 1.82) is 0 Å². The second kappa shape index (κ2) is 4.52. The quantitative estimate of drug-likeness (QED) is 0.737. The van der Waals surface area contributed by atoms with Gasteiger partial charge in [0, 0.05) is 35.5 Å². The fourth-order valence-electron chi connectivity index (χ4n) is 2.09. The van der Waals surface area contributed by atoms with Crippen molar-refractivity contribution in [3.05, 3.63) is 40.9 Å². The zero-order valence-electron chi connectivity index (χ0n) is 9.11. The number of benzene rings is 1. The first-order chi connectivity index (χ1) is 7.93. The maximum Gasteiger partial charge on any atom is 0.0642 e. The Bertz CT molecular complexity index is 410. The van der Waals surface area contributed by atoms with Gasteiger partial charge in [-0.15, -0.1) is 0 Å². The van der Waals surface area contributed by atoms with Gasteiger partial charge in [0.15, 0.2) is 0 Å². The highest BCUT2D eigenvalue weighted by molar-refractivity contribution is 8.01. The van der Waals surface area contributed by atoms with Crippen LogP contribution in [0.3, 0.4) is 0 Å². The molecule has 1 fully saturated rings. The molecule has 0 N–H and O–H groups in total. The van der Waals surface area contributed by atoms with Gasteiger partial charge in [-0.3, -0.25) is 0 Å². The minimum Gasteiger partial charge on any atom is -0.378 e. The molecule has 2 aliphatic rings. The summed E-state index contributed by atoms with van der Waals surface area (Å²) in [4.78, 5) is 3.74. The smallest absolute Gasteiger partial charge is 0.0642 e. The third-order valence-corrected chi connectivity index (χ3v) is 3.96. The molecule has 0 saturated carbocycles. The molecule has 2 aliphatic heterocycles. The number of fused-ring (bicyclic) bond motifs is 1. The Morgan fingerprint density at radius 2 is 2.00 bits per heavy atom. The molecule has 3 heteroatoms. The van der Waals surface area contributed by atoms with Crippen LogP contribution in [-0.4, -0.2) is 31.2 Å². The van der Waals surface area contributed by atoms with Crippen molar-refractivity contribution >= 4 is 11.8 Å². The van der Waals surface area contributed by atoms with Gasteiger partial charge in [0.25, 0.3) is 0 Å². The molecule has 1 radical (unpaired) electrons. The minimum absolute atomic E-state index is 0.845. The van der Waals surface area contributed by atoms with Gasteiger partial charge in [-0.05, 0) is 11.6 Å². The molecule has 1 aromatic carbocycles. The summed E-state index contributed by atoms with van der Waals surface area (Å²) in [6.07, 6.45) is 1.02. The lowest BCUT2D eigenvalue weighted by atomic mass is 10.1. The Balaban J connectivity index is 1.77. The normalized spacial score (nSPS) is 20.2. The lowest BCUT2D eigenvalue weighted by molar-refractivity contribution is 0.0524. The van der Waals surface area contributed by atoms with E-state index in [4.69, 9.17) is 4.74 Å². The first kappa shape index (κ1) is 10.2. The van der Waals surface area contributed by atoms with E-state index in [0.29, 0.717) is 0 Å². The summed E-state index contributed by atoms with van der Waals surface area (Å²) < 4.78 is 5.37. The Morgan fingerprint density at radius 1 is 1.19 bits per heavy atom. The summed E-state index contributed by atoms with van der Waals surface area (Å²) >= 11 is 1.72. The molecule has 3 rings (SSSR count). The fraction of sp³-hybridized carbons (Fsp3) is 0.385. The molecule has 83 valence electrons. The monoisotopic (exact) mass is 232 g/mol. The Labute approximate surface area is 100 Å². The van der Waals surface area contributed by atoms with Crippen molar-refractivity contribution < 1.29 is 4.74 Å². The molecule has 0 atom stereocenters. The molecule has 2 nitrogen and oxygen atoms in total. The molecule has 0 bridgehead atoms. The second-order valence-electron chi connectivity index (χ2n) is 4.03.